The number of ether oxygens (including phenoxy) is 1. The predicted molar refractivity (Wildman–Crippen MR) is 69.8 cm³/mol. The van der Waals surface area contributed by atoms with Crippen molar-refractivity contribution in [3.8, 4) is 0 Å². The van der Waals surface area contributed by atoms with Crippen LogP contribution in [0.2, 0.25) is 0 Å². The average Bonchev–Trinajstić information content (AvgIpc) is 2.39. The fraction of sp³-hybridized carbons (Fsp3) is 0.462. The Morgan fingerprint density at radius 3 is 2.65 bits per heavy atom. The molecule has 3 nitrogen and oxygen atoms in total. The molecule has 0 aliphatic carbocycles. The molecule has 1 atom stereocenters. The lowest BCUT2D eigenvalue weighted by atomic mass is 9.93. The first-order valence-electron chi connectivity index (χ1n) is 5.69. The van der Waals surface area contributed by atoms with E-state index >= 15 is 0 Å². The molecule has 0 spiro atoms. The van der Waals surface area contributed by atoms with Gasteiger partial charge in [0.05, 0.1) is 6.61 Å². The van der Waals surface area contributed by atoms with E-state index in [1.165, 1.54) is 0 Å². The largest absolute Gasteiger partial charge is 0.364 e. The Morgan fingerprint density at radius 1 is 1.41 bits per heavy atom. The molecule has 1 fully saturated rings. The molecule has 0 radical (unpaired) electrons. The highest BCUT2D eigenvalue weighted by molar-refractivity contribution is 7.98. The van der Waals surface area contributed by atoms with Crippen molar-refractivity contribution < 1.29 is 9.53 Å². The second-order valence-corrected chi connectivity index (χ2v) is 5.19. The fourth-order valence-electron chi connectivity index (χ4n) is 1.92. The fourth-order valence-corrected chi connectivity index (χ4v) is 2.33. The number of hydrogen-bond acceptors (Lipinski definition) is 4. The molecule has 0 saturated carbocycles. The Morgan fingerprint density at radius 2 is 2.12 bits per heavy atom. The minimum absolute atomic E-state index is 0.0531. The van der Waals surface area contributed by atoms with Gasteiger partial charge in [0.25, 0.3) is 0 Å². The lowest BCUT2D eigenvalue weighted by Crippen LogP contribution is -2.52. The number of nitrogens with one attached hydrogen (secondary N) is 1. The van der Waals surface area contributed by atoms with E-state index in [1.54, 1.807) is 11.8 Å². The summed E-state index contributed by atoms with van der Waals surface area (Å²) in [6.45, 7) is 3.83. The summed E-state index contributed by atoms with van der Waals surface area (Å²) in [6, 6.07) is 7.68. The third kappa shape index (κ3) is 2.70. The molecule has 1 heterocycles. The summed E-state index contributed by atoms with van der Waals surface area (Å²) >= 11 is 1.67. The molecule has 1 aliphatic rings. The Hall–Kier alpha value is -0.840. The van der Waals surface area contributed by atoms with Crippen LogP contribution in [0.4, 0.5) is 0 Å². The first kappa shape index (κ1) is 12.6. The Bertz CT molecular complexity index is 396. The van der Waals surface area contributed by atoms with Gasteiger partial charge in [0.2, 0.25) is 0 Å². The van der Waals surface area contributed by atoms with Crippen LogP contribution in [0.1, 0.15) is 17.3 Å². The first-order chi connectivity index (χ1) is 8.15. The number of carbonyl (C=O) groups is 1. The van der Waals surface area contributed by atoms with Gasteiger partial charge in [0.15, 0.2) is 5.78 Å². The van der Waals surface area contributed by atoms with Gasteiger partial charge in [-0.3, -0.25) is 4.79 Å². The number of Topliss-reactive ketones (excluding diaryl/α,β-unsaturated/α-hetero) is 1. The van der Waals surface area contributed by atoms with E-state index < -0.39 is 5.60 Å². The smallest absolute Gasteiger partial charge is 0.195 e. The van der Waals surface area contributed by atoms with Gasteiger partial charge < -0.3 is 10.1 Å². The molecule has 4 heteroatoms. The number of benzene rings is 1. The number of carbonyl (C=O) groups excluding carboxylic acids is 1. The highest BCUT2D eigenvalue weighted by Gasteiger charge is 2.36. The van der Waals surface area contributed by atoms with Crippen molar-refractivity contribution in [2.75, 3.05) is 26.0 Å². The Kier molecular flexibility index (Phi) is 3.86. The lowest BCUT2D eigenvalue weighted by molar-refractivity contribution is -0.0321. The zero-order valence-electron chi connectivity index (χ0n) is 10.2. The van der Waals surface area contributed by atoms with Crippen LogP contribution in [0.25, 0.3) is 0 Å². The van der Waals surface area contributed by atoms with Crippen LogP contribution >= 0.6 is 11.8 Å². The normalized spacial score (nSPS) is 24.6. The van der Waals surface area contributed by atoms with E-state index in [9.17, 15) is 4.79 Å². The number of morpholine rings is 1. The molecule has 1 aliphatic heterocycles. The van der Waals surface area contributed by atoms with Crippen molar-refractivity contribution >= 4 is 17.5 Å². The molecule has 1 N–H and O–H groups in total. The monoisotopic (exact) mass is 251 g/mol. The van der Waals surface area contributed by atoms with E-state index in [0.29, 0.717) is 18.7 Å². The number of ketones is 1. The van der Waals surface area contributed by atoms with Crippen molar-refractivity contribution in [2.24, 2.45) is 0 Å². The van der Waals surface area contributed by atoms with Gasteiger partial charge in [-0.25, -0.2) is 0 Å². The molecular weight excluding hydrogens is 234 g/mol. The summed E-state index contributed by atoms with van der Waals surface area (Å²) in [5, 5.41) is 3.20. The van der Waals surface area contributed by atoms with Gasteiger partial charge in [-0.1, -0.05) is 12.1 Å². The maximum atomic E-state index is 12.3. The summed E-state index contributed by atoms with van der Waals surface area (Å²) in [7, 11) is 0. The molecule has 1 aromatic carbocycles. The van der Waals surface area contributed by atoms with Gasteiger partial charge in [-0.2, -0.15) is 0 Å². The molecule has 1 unspecified atom stereocenters. The quantitative estimate of drug-likeness (QED) is 0.658. The van der Waals surface area contributed by atoms with Crippen molar-refractivity contribution in [1.29, 1.82) is 0 Å². The Labute approximate surface area is 106 Å². The molecule has 1 aromatic rings. The molecule has 17 heavy (non-hydrogen) atoms. The second kappa shape index (κ2) is 5.21. The van der Waals surface area contributed by atoms with E-state index in [0.717, 1.165) is 11.4 Å². The molecule has 0 amide bonds. The molecule has 92 valence electrons. The Balaban J connectivity index is 2.17. The highest BCUT2D eigenvalue weighted by Crippen LogP contribution is 2.21. The van der Waals surface area contributed by atoms with Gasteiger partial charge in [0, 0.05) is 23.5 Å². The summed E-state index contributed by atoms with van der Waals surface area (Å²) in [5.74, 6) is 0.0531. The van der Waals surface area contributed by atoms with Gasteiger partial charge in [0.1, 0.15) is 5.60 Å². The number of thioether (sulfide) groups is 1. The number of rotatable bonds is 3. The van der Waals surface area contributed by atoms with Crippen molar-refractivity contribution in [2.45, 2.75) is 17.4 Å². The molecular formula is C13H17NO2S. The predicted octanol–water partition coefficient (Wildman–Crippen LogP) is 1.97. The first-order valence-corrected chi connectivity index (χ1v) is 6.92. The molecule has 2 rings (SSSR count). The zero-order valence-corrected chi connectivity index (χ0v) is 11.0. The van der Waals surface area contributed by atoms with Crippen LogP contribution in [0, 0.1) is 0 Å². The molecule has 1 saturated heterocycles. The van der Waals surface area contributed by atoms with Crippen LogP contribution < -0.4 is 5.32 Å². The van der Waals surface area contributed by atoms with Gasteiger partial charge in [-0.15, -0.1) is 11.8 Å². The summed E-state index contributed by atoms with van der Waals surface area (Å²) < 4.78 is 5.62. The summed E-state index contributed by atoms with van der Waals surface area (Å²) in [4.78, 5) is 13.5. The topological polar surface area (TPSA) is 38.3 Å². The van der Waals surface area contributed by atoms with E-state index in [2.05, 4.69) is 5.32 Å². The van der Waals surface area contributed by atoms with Crippen LogP contribution in [0.15, 0.2) is 29.2 Å². The van der Waals surface area contributed by atoms with Crippen LogP contribution in [0.3, 0.4) is 0 Å². The molecule has 0 aromatic heterocycles. The van der Waals surface area contributed by atoms with E-state index in [4.69, 9.17) is 4.74 Å². The maximum absolute atomic E-state index is 12.3. The molecule has 0 bridgehead atoms. The van der Waals surface area contributed by atoms with Crippen LogP contribution in [-0.2, 0) is 4.74 Å². The average molecular weight is 251 g/mol. The second-order valence-electron chi connectivity index (χ2n) is 4.31. The van der Waals surface area contributed by atoms with E-state index in [1.807, 2.05) is 37.4 Å². The SMILES string of the molecule is CSc1ccc(C(=O)C2(C)CNCCO2)cc1. The third-order valence-corrected chi connectivity index (χ3v) is 3.74. The minimum atomic E-state index is -0.723. The summed E-state index contributed by atoms with van der Waals surface area (Å²) in [5.41, 5.74) is -0.00642. The van der Waals surface area contributed by atoms with Gasteiger partial charge >= 0.3 is 0 Å². The van der Waals surface area contributed by atoms with Crippen LogP contribution in [0.5, 0.6) is 0 Å². The van der Waals surface area contributed by atoms with Crippen molar-refractivity contribution in [3.05, 3.63) is 29.8 Å². The standard InChI is InChI=1S/C13H17NO2S/c1-13(9-14-7-8-16-13)12(15)10-3-5-11(17-2)6-4-10/h3-6,14H,7-9H2,1-2H3. The van der Waals surface area contributed by atoms with Crippen molar-refractivity contribution in [3.63, 3.8) is 0 Å². The zero-order chi connectivity index (χ0) is 12.3. The van der Waals surface area contributed by atoms with Crippen LogP contribution in [-0.4, -0.2) is 37.3 Å². The lowest BCUT2D eigenvalue weighted by Gasteiger charge is -2.33. The van der Waals surface area contributed by atoms with Crippen molar-refractivity contribution in [1.82, 2.24) is 5.32 Å². The highest BCUT2D eigenvalue weighted by atomic mass is 32.2. The van der Waals surface area contributed by atoms with E-state index in [-0.39, 0.29) is 5.78 Å². The van der Waals surface area contributed by atoms with Gasteiger partial charge in [-0.05, 0) is 25.3 Å². The summed E-state index contributed by atoms with van der Waals surface area (Å²) in [6.07, 6.45) is 2.02. The number of hydrogen-bond donors (Lipinski definition) is 1. The third-order valence-electron chi connectivity index (χ3n) is 2.99. The maximum Gasteiger partial charge on any atom is 0.195 e. The minimum Gasteiger partial charge on any atom is -0.364 e.